The number of thiazole rings is 2. The quantitative estimate of drug-likeness (QED) is 0.111. The predicted molar refractivity (Wildman–Crippen MR) is 192 cm³/mol. The number of hydrogen-bond donors (Lipinski definition) is 4. The molecule has 0 aliphatic carbocycles. The molecule has 0 radical (unpaired) electrons. The first-order valence-corrected chi connectivity index (χ1v) is 18.4. The second-order valence-electron chi connectivity index (χ2n) is 12.8. The fourth-order valence-corrected chi connectivity index (χ4v) is 6.56. The van der Waals surface area contributed by atoms with Crippen molar-refractivity contribution < 1.29 is 28.6 Å². The zero-order chi connectivity index (χ0) is 36.0. The third kappa shape index (κ3) is 12.2. The fourth-order valence-electron chi connectivity index (χ4n) is 5.18. The zero-order valence-corrected chi connectivity index (χ0v) is 30.7. The van der Waals surface area contributed by atoms with Gasteiger partial charge in [0, 0.05) is 50.0 Å². The summed E-state index contributed by atoms with van der Waals surface area (Å²) in [4.78, 5) is 54.8. The summed E-state index contributed by atoms with van der Waals surface area (Å²) in [6.07, 6.45) is 3.88. The third-order valence-corrected chi connectivity index (χ3v) is 9.99. The molecule has 4 aromatic rings. The van der Waals surface area contributed by atoms with Crippen LogP contribution in [-0.2, 0) is 35.4 Å². The molecule has 0 aliphatic heterocycles. The summed E-state index contributed by atoms with van der Waals surface area (Å²) in [6, 6.07) is 6.85. The zero-order valence-electron chi connectivity index (χ0n) is 29.1. The molecule has 4 amide bonds. The molecule has 1 aromatic carbocycles. The van der Waals surface area contributed by atoms with Crippen molar-refractivity contribution in [1.82, 2.24) is 35.8 Å². The molecular weight excluding hydrogens is 679 g/mol. The molecule has 0 aliphatic rings. The van der Waals surface area contributed by atoms with Crippen molar-refractivity contribution in [2.24, 2.45) is 5.92 Å². The average molecular weight is 726 g/mol. The summed E-state index contributed by atoms with van der Waals surface area (Å²) < 4.78 is 10.9. The second kappa shape index (κ2) is 19.2. The Labute approximate surface area is 300 Å². The molecule has 15 heteroatoms. The molecule has 50 heavy (non-hydrogen) atoms. The molecule has 0 spiro atoms. The van der Waals surface area contributed by atoms with E-state index in [0.717, 1.165) is 21.1 Å². The van der Waals surface area contributed by atoms with Crippen LogP contribution in [0.5, 0.6) is 0 Å². The lowest BCUT2D eigenvalue weighted by Crippen LogP contribution is -2.56. The number of ether oxygens (including phenoxy) is 1. The summed E-state index contributed by atoms with van der Waals surface area (Å²) in [5, 5.41) is 23.4. The van der Waals surface area contributed by atoms with Crippen LogP contribution in [0.1, 0.15) is 66.9 Å². The Bertz CT molecular complexity index is 1600. The molecule has 0 unspecified atom stereocenters. The standard InChI is InChI=1S/C35H47N7O6S2/c1-22(2)31(41-34(45)42(5)12-11-25-19-49-33(39-25)23(3)4)32(44)38-26(14-27-16-36-20-48-27)15-30(43)29(13-24-9-7-6-8-10-24)40-35(46)47-18-28-17-37-21-50-28/h6-10,16-17,19-23,26,29-31,43H,11-15,18H2,1-5H3,(H,38,44)(H,40,46)(H,41,45)/t26-,29+,30+,31+/m1/s1. The Balaban J connectivity index is 1.42. The highest BCUT2D eigenvalue weighted by molar-refractivity contribution is 7.09. The number of oxazole rings is 1. The van der Waals surface area contributed by atoms with Crippen LogP contribution in [-0.4, -0.2) is 80.8 Å². The number of carbonyl (C=O) groups is 3. The van der Waals surface area contributed by atoms with E-state index in [9.17, 15) is 19.5 Å². The van der Waals surface area contributed by atoms with Crippen LogP contribution in [0.25, 0.3) is 0 Å². The van der Waals surface area contributed by atoms with Gasteiger partial charge in [-0.2, -0.15) is 0 Å². The van der Waals surface area contributed by atoms with E-state index in [4.69, 9.17) is 9.15 Å². The number of aromatic nitrogens is 3. The first-order valence-electron chi connectivity index (χ1n) is 16.6. The summed E-state index contributed by atoms with van der Waals surface area (Å²) >= 11 is 2.98. The van der Waals surface area contributed by atoms with Crippen LogP contribution >= 0.6 is 22.7 Å². The van der Waals surface area contributed by atoms with Crippen molar-refractivity contribution in [2.45, 2.75) is 90.1 Å². The van der Waals surface area contributed by atoms with E-state index < -0.39 is 36.2 Å². The predicted octanol–water partition coefficient (Wildman–Crippen LogP) is 4.94. The molecule has 3 aromatic heterocycles. The van der Waals surface area contributed by atoms with E-state index in [1.807, 2.05) is 49.6 Å². The van der Waals surface area contributed by atoms with Gasteiger partial charge in [-0.25, -0.2) is 19.6 Å². The SMILES string of the molecule is CC(C)c1nc(CCN(C)C(=O)N[C@H](C(=O)N[C@H](Cc2cnco2)C[C@H](O)[C@H](Cc2ccccc2)NC(=O)OCc2cncs2)C(C)C)cs1. The van der Waals surface area contributed by atoms with Gasteiger partial charge in [-0.05, 0) is 24.3 Å². The maximum Gasteiger partial charge on any atom is 0.407 e. The minimum absolute atomic E-state index is 0.0518. The van der Waals surface area contributed by atoms with Crippen molar-refractivity contribution in [3.8, 4) is 0 Å². The van der Waals surface area contributed by atoms with Crippen LogP contribution in [0.4, 0.5) is 9.59 Å². The number of benzene rings is 1. The van der Waals surface area contributed by atoms with Crippen LogP contribution in [0.2, 0.25) is 0 Å². The van der Waals surface area contributed by atoms with E-state index in [-0.39, 0.29) is 31.4 Å². The molecule has 4 N–H and O–H groups in total. The van der Waals surface area contributed by atoms with E-state index in [0.29, 0.717) is 31.1 Å². The normalized spacial score (nSPS) is 13.8. The first-order chi connectivity index (χ1) is 24.0. The number of aliphatic hydroxyl groups excluding tert-OH is 1. The van der Waals surface area contributed by atoms with Gasteiger partial charge in [0.1, 0.15) is 18.4 Å². The third-order valence-electron chi connectivity index (χ3n) is 8.04. The summed E-state index contributed by atoms with van der Waals surface area (Å²) in [7, 11) is 1.69. The molecule has 270 valence electrons. The monoisotopic (exact) mass is 725 g/mol. The first kappa shape index (κ1) is 38.5. The molecular formula is C35H47N7O6S2. The number of nitrogens with zero attached hydrogens (tertiary/aromatic N) is 4. The van der Waals surface area contributed by atoms with Gasteiger partial charge in [0.05, 0.1) is 39.4 Å². The van der Waals surface area contributed by atoms with Crippen molar-refractivity contribution >= 4 is 40.7 Å². The lowest BCUT2D eigenvalue weighted by Gasteiger charge is -2.30. The minimum Gasteiger partial charge on any atom is -0.448 e. The highest BCUT2D eigenvalue weighted by Crippen LogP contribution is 2.20. The van der Waals surface area contributed by atoms with E-state index in [2.05, 4.69) is 44.7 Å². The number of rotatable bonds is 18. The molecule has 4 rings (SSSR count). The molecule has 13 nitrogen and oxygen atoms in total. The molecule has 0 fully saturated rings. The Hall–Kier alpha value is -4.34. The van der Waals surface area contributed by atoms with Crippen LogP contribution in [0.3, 0.4) is 0 Å². The second-order valence-corrected chi connectivity index (χ2v) is 14.7. The van der Waals surface area contributed by atoms with Gasteiger partial charge in [-0.3, -0.25) is 9.78 Å². The van der Waals surface area contributed by atoms with Gasteiger partial charge in [0.25, 0.3) is 0 Å². The van der Waals surface area contributed by atoms with Crippen LogP contribution in [0.15, 0.2) is 64.4 Å². The van der Waals surface area contributed by atoms with Crippen LogP contribution < -0.4 is 16.0 Å². The van der Waals surface area contributed by atoms with Gasteiger partial charge >= 0.3 is 12.1 Å². The van der Waals surface area contributed by atoms with Crippen molar-refractivity contribution in [1.29, 1.82) is 0 Å². The summed E-state index contributed by atoms with van der Waals surface area (Å²) in [5.74, 6) is 0.204. The highest BCUT2D eigenvalue weighted by Gasteiger charge is 2.31. The van der Waals surface area contributed by atoms with E-state index in [1.165, 1.54) is 17.7 Å². The Morgan fingerprint density at radius 1 is 1.00 bits per heavy atom. The topological polar surface area (TPSA) is 172 Å². The molecule has 4 atom stereocenters. The minimum atomic E-state index is -1.10. The Morgan fingerprint density at radius 3 is 2.42 bits per heavy atom. The van der Waals surface area contributed by atoms with Crippen molar-refractivity contribution in [3.63, 3.8) is 0 Å². The number of aliphatic hydroxyl groups is 1. The maximum absolute atomic E-state index is 13.8. The number of hydrogen-bond acceptors (Lipinski definition) is 11. The number of alkyl carbamates (subject to hydrolysis) is 1. The van der Waals surface area contributed by atoms with Gasteiger partial charge in [0.2, 0.25) is 5.91 Å². The number of nitrogens with one attached hydrogen (secondary N) is 3. The van der Waals surface area contributed by atoms with E-state index >= 15 is 0 Å². The molecule has 0 saturated heterocycles. The van der Waals surface area contributed by atoms with Gasteiger partial charge < -0.3 is 35.1 Å². The van der Waals surface area contributed by atoms with Crippen LogP contribution in [0, 0.1) is 5.92 Å². The van der Waals surface area contributed by atoms with Gasteiger partial charge in [-0.15, -0.1) is 22.7 Å². The highest BCUT2D eigenvalue weighted by atomic mass is 32.1. The molecule has 0 bridgehead atoms. The number of carbonyl (C=O) groups excluding carboxylic acids is 3. The van der Waals surface area contributed by atoms with Gasteiger partial charge in [0.15, 0.2) is 6.39 Å². The fraction of sp³-hybridized carbons (Fsp3) is 0.486. The molecule has 3 heterocycles. The number of likely N-dealkylation sites (N-methyl/N-ethyl adjacent to an activating group) is 1. The molecule has 0 saturated carbocycles. The lowest BCUT2D eigenvalue weighted by molar-refractivity contribution is -0.124. The summed E-state index contributed by atoms with van der Waals surface area (Å²) in [5.41, 5.74) is 3.48. The van der Waals surface area contributed by atoms with Crippen molar-refractivity contribution in [3.05, 3.63) is 86.9 Å². The van der Waals surface area contributed by atoms with Gasteiger partial charge in [-0.1, -0.05) is 58.0 Å². The smallest absolute Gasteiger partial charge is 0.407 e. The summed E-state index contributed by atoms with van der Waals surface area (Å²) in [6.45, 7) is 8.38. The average Bonchev–Trinajstić information content (AvgIpc) is 3.89. The Kier molecular flexibility index (Phi) is 14.7. The maximum atomic E-state index is 13.8. The number of urea groups is 1. The lowest BCUT2D eigenvalue weighted by atomic mass is 9.94. The largest absolute Gasteiger partial charge is 0.448 e. The van der Waals surface area contributed by atoms with Crippen molar-refractivity contribution in [2.75, 3.05) is 13.6 Å². The number of amides is 4. The van der Waals surface area contributed by atoms with E-state index in [1.54, 1.807) is 41.2 Å². The Morgan fingerprint density at radius 2 is 1.78 bits per heavy atom.